The van der Waals surface area contributed by atoms with Gasteiger partial charge < -0.3 is 19.7 Å². The number of piperidine rings is 1. The maximum absolute atomic E-state index is 13.4. The maximum Gasteiger partial charge on any atom is 0.273 e. The van der Waals surface area contributed by atoms with Crippen LogP contribution in [0.4, 0.5) is 0 Å². The molecular formula is C22H31N5O4. The Kier molecular flexibility index (Phi) is 7.49. The Morgan fingerprint density at radius 2 is 2.03 bits per heavy atom. The summed E-state index contributed by atoms with van der Waals surface area (Å²) in [5.41, 5.74) is 0.800. The minimum absolute atomic E-state index is 0.0352. The molecule has 2 amide bonds. The van der Waals surface area contributed by atoms with Crippen LogP contribution in [0.3, 0.4) is 0 Å². The van der Waals surface area contributed by atoms with Crippen LogP contribution in [0.2, 0.25) is 0 Å². The number of methoxy groups -OCH3 is 2. The number of aromatic nitrogens is 3. The second-order valence-electron chi connectivity index (χ2n) is 8.00. The standard InChI is InChI=1S/C22H31N5O4/c1-15(2)23-21(28)19-14-26(25-24-19)12-10-16-7-5-6-11-27(16)22(29)18-13-17(30-3)8-9-20(18)31-4/h8-9,13-16H,5-7,10-12H2,1-4H3,(H,23,28). The van der Waals surface area contributed by atoms with Crippen molar-refractivity contribution >= 4 is 11.8 Å². The van der Waals surface area contributed by atoms with Crippen LogP contribution in [0.15, 0.2) is 24.4 Å². The highest BCUT2D eigenvalue weighted by Gasteiger charge is 2.29. The van der Waals surface area contributed by atoms with Crippen molar-refractivity contribution in [2.75, 3.05) is 20.8 Å². The van der Waals surface area contributed by atoms with E-state index in [-0.39, 0.29) is 23.9 Å². The quantitative estimate of drug-likeness (QED) is 0.692. The van der Waals surface area contributed by atoms with E-state index in [0.717, 1.165) is 25.7 Å². The Labute approximate surface area is 182 Å². The molecule has 1 unspecified atom stereocenters. The van der Waals surface area contributed by atoms with Crippen LogP contribution in [-0.4, -0.2) is 64.6 Å². The molecule has 2 aromatic rings. The molecule has 9 heteroatoms. The molecule has 1 fully saturated rings. The van der Waals surface area contributed by atoms with Gasteiger partial charge >= 0.3 is 0 Å². The lowest BCUT2D eigenvalue weighted by atomic mass is 9.98. The summed E-state index contributed by atoms with van der Waals surface area (Å²) in [5.74, 6) is 0.858. The van der Waals surface area contributed by atoms with E-state index in [2.05, 4.69) is 15.6 Å². The molecule has 1 aromatic carbocycles. The SMILES string of the molecule is COc1ccc(OC)c(C(=O)N2CCCCC2CCn2cc(C(=O)NC(C)C)nn2)c1. The number of ether oxygens (including phenoxy) is 2. The van der Waals surface area contributed by atoms with Gasteiger partial charge in [0, 0.05) is 25.2 Å². The molecule has 0 bridgehead atoms. The van der Waals surface area contributed by atoms with Gasteiger partial charge in [0.1, 0.15) is 11.5 Å². The molecule has 3 rings (SSSR count). The highest BCUT2D eigenvalue weighted by molar-refractivity contribution is 5.97. The monoisotopic (exact) mass is 429 g/mol. The maximum atomic E-state index is 13.4. The van der Waals surface area contributed by atoms with Gasteiger partial charge in [-0.25, -0.2) is 0 Å². The number of hydrogen-bond donors (Lipinski definition) is 1. The number of rotatable bonds is 8. The van der Waals surface area contributed by atoms with Gasteiger partial charge in [0.15, 0.2) is 5.69 Å². The Hall–Kier alpha value is -3.10. The van der Waals surface area contributed by atoms with Gasteiger partial charge in [-0.2, -0.15) is 0 Å². The summed E-state index contributed by atoms with van der Waals surface area (Å²) < 4.78 is 12.4. The van der Waals surface area contributed by atoms with Crippen LogP contribution < -0.4 is 14.8 Å². The summed E-state index contributed by atoms with van der Waals surface area (Å²) in [6.07, 6.45) is 5.35. The number of likely N-dealkylation sites (tertiary alicyclic amines) is 1. The van der Waals surface area contributed by atoms with Gasteiger partial charge in [-0.15, -0.1) is 5.10 Å². The molecule has 1 aliphatic heterocycles. The Bertz CT molecular complexity index is 911. The zero-order chi connectivity index (χ0) is 22.4. The average molecular weight is 430 g/mol. The Morgan fingerprint density at radius 1 is 1.23 bits per heavy atom. The molecule has 0 saturated carbocycles. The molecule has 31 heavy (non-hydrogen) atoms. The number of amides is 2. The van der Waals surface area contributed by atoms with Crippen LogP contribution in [0, 0.1) is 0 Å². The molecule has 0 aliphatic carbocycles. The molecule has 1 atom stereocenters. The van der Waals surface area contributed by atoms with Crippen molar-refractivity contribution in [1.82, 2.24) is 25.2 Å². The Morgan fingerprint density at radius 3 is 2.74 bits per heavy atom. The van der Waals surface area contributed by atoms with E-state index < -0.39 is 0 Å². The lowest BCUT2D eigenvalue weighted by Gasteiger charge is -2.36. The number of nitrogens with zero attached hydrogens (tertiary/aromatic N) is 4. The van der Waals surface area contributed by atoms with E-state index in [1.54, 1.807) is 43.3 Å². The highest BCUT2D eigenvalue weighted by atomic mass is 16.5. The summed E-state index contributed by atoms with van der Waals surface area (Å²) in [7, 11) is 3.14. The smallest absolute Gasteiger partial charge is 0.273 e. The molecule has 1 aromatic heterocycles. The zero-order valence-electron chi connectivity index (χ0n) is 18.6. The second-order valence-corrected chi connectivity index (χ2v) is 8.00. The minimum atomic E-state index is -0.235. The summed E-state index contributed by atoms with van der Waals surface area (Å²) in [5, 5.41) is 10.8. The van der Waals surface area contributed by atoms with E-state index >= 15 is 0 Å². The van der Waals surface area contributed by atoms with Gasteiger partial charge in [0.05, 0.1) is 26.0 Å². The predicted octanol–water partition coefficient (Wildman–Crippen LogP) is 2.52. The lowest BCUT2D eigenvalue weighted by molar-refractivity contribution is 0.0590. The number of aryl methyl sites for hydroxylation is 1. The number of nitrogens with one attached hydrogen (secondary N) is 1. The van der Waals surface area contributed by atoms with Gasteiger partial charge in [-0.05, 0) is 57.7 Å². The topological polar surface area (TPSA) is 98.6 Å². The third-order valence-corrected chi connectivity index (χ3v) is 5.41. The predicted molar refractivity (Wildman–Crippen MR) is 115 cm³/mol. The van der Waals surface area contributed by atoms with Crippen molar-refractivity contribution in [3.63, 3.8) is 0 Å². The third kappa shape index (κ3) is 5.53. The van der Waals surface area contributed by atoms with Crippen molar-refractivity contribution in [3.05, 3.63) is 35.7 Å². The van der Waals surface area contributed by atoms with Crippen LogP contribution in [-0.2, 0) is 6.54 Å². The van der Waals surface area contributed by atoms with Crippen molar-refractivity contribution < 1.29 is 19.1 Å². The fourth-order valence-corrected chi connectivity index (χ4v) is 3.83. The molecule has 1 N–H and O–H groups in total. The van der Waals surface area contributed by atoms with E-state index in [0.29, 0.717) is 35.8 Å². The first-order chi connectivity index (χ1) is 14.9. The molecule has 1 saturated heterocycles. The first-order valence-corrected chi connectivity index (χ1v) is 10.7. The highest BCUT2D eigenvalue weighted by Crippen LogP contribution is 2.29. The fraction of sp³-hybridized carbons (Fsp3) is 0.545. The van der Waals surface area contributed by atoms with Gasteiger partial charge in [-0.1, -0.05) is 5.21 Å². The summed E-state index contributed by atoms with van der Waals surface area (Å²) in [6, 6.07) is 5.37. The third-order valence-electron chi connectivity index (χ3n) is 5.41. The van der Waals surface area contributed by atoms with Crippen molar-refractivity contribution in [2.45, 2.75) is 58.2 Å². The molecular weight excluding hydrogens is 398 g/mol. The Balaban J connectivity index is 1.70. The largest absolute Gasteiger partial charge is 0.497 e. The molecule has 0 spiro atoms. The van der Waals surface area contributed by atoms with E-state index in [9.17, 15) is 9.59 Å². The number of carbonyl (C=O) groups is 2. The van der Waals surface area contributed by atoms with Gasteiger partial charge in [-0.3, -0.25) is 14.3 Å². The molecule has 1 aliphatic rings. The van der Waals surface area contributed by atoms with Gasteiger partial charge in [0.25, 0.3) is 11.8 Å². The van der Waals surface area contributed by atoms with Crippen LogP contribution >= 0.6 is 0 Å². The number of hydrogen-bond acceptors (Lipinski definition) is 6. The summed E-state index contributed by atoms with van der Waals surface area (Å²) >= 11 is 0. The van der Waals surface area contributed by atoms with Crippen LogP contribution in [0.1, 0.15) is 60.4 Å². The van der Waals surface area contributed by atoms with E-state index in [1.807, 2.05) is 18.7 Å². The lowest BCUT2D eigenvalue weighted by Crippen LogP contribution is -2.44. The minimum Gasteiger partial charge on any atom is -0.497 e. The van der Waals surface area contributed by atoms with E-state index in [4.69, 9.17) is 9.47 Å². The summed E-state index contributed by atoms with van der Waals surface area (Å²) in [6.45, 7) is 5.07. The second kappa shape index (κ2) is 10.3. The number of benzene rings is 1. The first kappa shape index (κ1) is 22.6. The normalized spacial score (nSPS) is 16.3. The van der Waals surface area contributed by atoms with Crippen molar-refractivity contribution in [1.29, 1.82) is 0 Å². The molecule has 2 heterocycles. The van der Waals surface area contributed by atoms with Crippen LogP contribution in [0.5, 0.6) is 11.5 Å². The van der Waals surface area contributed by atoms with Gasteiger partial charge in [0.2, 0.25) is 0 Å². The van der Waals surface area contributed by atoms with Crippen LogP contribution in [0.25, 0.3) is 0 Å². The molecule has 9 nitrogen and oxygen atoms in total. The number of carbonyl (C=O) groups excluding carboxylic acids is 2. The van der Waals surface area contributed by atoms with E-state index in [1.165, 1.54) is 0 Å². The summed E-state index contributed by atoms with van der Waals surface area (Å²) in [4.78, 5) is 27.4. The zero-order valence-corrected chi connectivity index (χ0v) is 18.6. The molecule has 0 radical (unpaired) electrons. The average Bonchev–Trinajstić information content (AvgIpc) is 3.26. The fourth-order valence-electron chi connectivity index (χ4n) is 3.83. The first-order valence-electron chi connectivity index (χ1n) is 10.7. The van der Waals surface area contributed by atoms with Crippen molar-refractivity contribution in [2.24, 2.45) is 0 Å². The molecule has 168 valence electrons. The van der Waals surface area contributed by atoms with Crippen molar-refractivity contribution in [3.8, 4) is 11.5 Å².